The van der Waals surface area contributed by atoms with Gasteiger partial charge in [0.2, 0.25) is 11.8 Å². The fourth-order valence-corrected chi connectivity index (χ4v) is 4.66. The standard InChI is InChI=1S/C19H29N5O2S/c1-20-17(25)11-14-3-7-23(8-4-14)19(21-2)22-12-18(26)24-9-5-16-15(13-24)6-10-27-16/h6,10,14H,3-5,7-9,11-13H2,1-2H3,(H,20,25)(H,21,22). The van der Waals surface area contributed by atoms with Crippen LogP contribution in [0.5, 0.6) is 0 Å². The number of fused-ring (bicyclic) bond motifs is 1. The van der Waals surface area contributed by atoms with E-state index in [1.165, 1.54) is 10.4 Å². The van der Waals surface area contributed by atoms with Crippen LogP contribution in [0.1, 0.15) is 29.7 Å². The number of hydrogen-bond donors (Lipinski definition) is 2. The van der Waals surface area contributed by atoms with Gasteiger partial charge in [-0.25, -0.2) is 0 Å². The van der Waals surface area contributed by atoms with Gasteiger partial charge in [0.25, 0.3) is 0 Å². The number of hydrogen-bond acceptors (Lipinski definition) is 4. The van der Waals surface area contributed by atoms with E-state index >= 15 is 0 Å². The molecule has 0 saturated carbocycles. The molecule has 1 aromatic rings. The Balaban J connectivity index is 1.44. The van der Waals surface area contributed by atoms with Crippen molar-refractivity contribution in [2.24, 2.45) is 10.9 Å². The summed E-state index contributed by atoms with van der Waals surface area (Å²) in [5.41, 5.74) is 1.28. The van der Waals surface area contributed by atoms with Crippen LogP contribution in [0.25, 0.3) is 0 Å². The minimum atomic E-state index is 0.108. The van der Waals surface area contributed by atoms with Gasteiger partial charge in [-0.3, -0.25) is 14.6 Å². The smallest absolute Gasteiger partial charge is 0.242 e. The molecule has 0 aromatic carbocycles. The summed E-state index contributed by atoms with van der Waals surface area (Å²) < 4.78 is 0. The number of thiophene rings is 1. The number of likely N-dealkylation sites (tertiary alicyclic amines) is 1. The first-order valence-corrected chi connectivity index (χ1v) is 10.5. The Morgan fingerprint density at radius 2 is 2.04 bits per heavy atom. The Bertz CT molecular complexity index is 694. The molecule has 3 rings (SSSR count). The second-order valence-corrected chi connectivity index (χ2v) is 8.14. The van der Waals surface area contributed by atoms with Crippen LogP contribution in [-0.2, 0) is 22.6 Å². The molecule has 1 saturated heterocycles. The molecule has 0 atom stereocenters. The lowest BCUT2D eigenvalue weighted by atomic mass is 9.93. The number of nitrogens with zero attached hydrogens (tertiary/aromatic N) is 3. The van der Waals surface area contributed by atoms with Gasteiger partial charge < -0.3 is 20.4 Å². The predicted octanol–water partition coefficient (Wildman–Crippen LogP) is 1.06. The molecule has 0 bridgehead atoms. The average molecular weight is 392 g/mol. The molecule has 1 fully saturated rings. The van der Waals surface area contributed by atoms with Gasteiger partial charge in [-0.2, -0.15) is 0 Å². The van der Waals surface area contributed by atoms with Gasteiger partial charge in [0.05, 0.1) is 6.54 Å². The molecule has 2 aliphatic rings. The van der Waals surface area contributed by atoms with Gasteiger partial charge in [0.15, 0.2) is 5.96 Å². The molecule has 7 nitrogen and oxygen atoms in total. The minimum absolute atomic E-state index is 0.108. The number of nitrogens with one attached hydrogen (secondary N) is 2. The first kappa shape index (κ1) is 19.7. The lowest BCUT2D eigenvalue weighted by Crippen LogP contribution is -2.49. The van der Waals surface area contributed by atoms with E-state index < -0.39 is 0 Å². The zero-order valence-corrected chi connectivity index (χ0v) is 17.0. The zero-order chi connectivity index (χ0) is 19.2. The van der Waals surface area contributed by atoms with Crippen molar-refractivity contribution in [2.45, 2.75) is 32.2 Å². The lowest BCUT2D eigenvalue weighted by Gasteiger charge is -2.34. The number of aliphatic imine (C=N–C) groups is 1. The third kappa shape index (κ3) is 5.00. The summed E-state index contributed by atoms with van der Waals surface area (Å²) in [5, 5.41) is 8.03. The minimum Gasteiger partial charge on any atom is -0.359 e. The van der Waals surface area contributed by atoms with Crippen LogP contribution < -0.4 is 10.6 Å². The van der Waals surface area contributed by atoms with Crippen LogP contribution >= 0.6 is 11.3 Å². The summed E-state index contributed by atoms with van der Waals surface area (Å²) in [6.45, 7) is 3.49. The molecular weight excluding hydrogens is 362 g/mol. The molecule has 27 heavy (non-hydrogen) atoms. The Morgan fingerprint density at radius 1 is 1.26 bits per heavy atom. The number of guanidine groups is 1. The summed E-state index contributed by atoms with van der Waals surface area (Å²) in [6, 6.07) is 2.12. The molecule has 2 amide bonds. The molecule has 0 unspecified atom stereocenters. The van der Waals surface area contributed by atoms with Gasteiger partial charge in [-0.15, -0.1) is 11.3 Å². The SMILES string of the molecule is CN=C(NCC(=O)N1CCc2sccc2C1)N1CCC(CC(=O)NC)CC1. The highest BCUT2D eigenvalue weighted by atomic mass is 32.1. The van der Waals surface area contributed by atoms with E-state index in [0.717, 1.165) is 44.9 Å². The largest absolute Gasteiger partial charge is 0.359 e. The highest BCUT2D eigenvalue weighted by molar-refractivity contribution is 7.10. The van der Waals surface area contributed by atoms with Crippen molar-refractivity contribution in [3.63, 3.8) is 0 Å². The summed E-state index contributed by atoms with van der Waals surface area (Å²) in [4.78, 5) is 34.0. The van der Waals surface area contributed by atoms with Crippen molar-refractivity contribution >= 4 is 29.1 Å². The molecule has 3 heterocycles. The van der Waals surface area contributed by atoms with Gasteiger partial charge in [-0.1, -0.05) is 0 Å². The van der Waals surface area contributed by atoms with E-state index in [0.29, 0.717) is 18.9 Å². The second kappa shape index (κ2) is 9.21. The zero-order valence-electron chi connectivity index (χ0n) is 16.2. The lowest BCUT2D eigenvalue weighted by molar-refractivity contribution is -0.131. The Labute approximate surface area is 164 Å². The Morgan fingerprint density at radius 3 is 2.74 bits per heavy atom. The molecule has 8 heteroatoms. The summed E-state index contributed by atoms with van der Waals surface area (Å²) in [7, 11) is 3.43. The van der Waals surface area contributed by atoms with Crippen molar-refractivity contribution in [3.05, 3.63) is 21.9 Å². The monoisotopic (exact) mass is 391 g/mol. The maximum Gasteiger partial charge on any atom is 0.242 e. The van der Waals surface area contributed by atoms with Gasteiger partial charge in [0.1, 0.15) is 0 Å². The fourth-order valence-electron chi connectivity index (χ4n) is 3.77. The van der Waals surface area contributed by atoms with Crippen LogP contribution in [-0.4, -0.2) is 67.8 Å². The van der Waals surface area contributed by atoms with E-state index in [2.05, 4.69) is 32.0 Å². The summed E-state index contributed by atoms with van der Waals surface area (Å²) in [5.74, 6) is 1.42. The highest BCUT2D eigenvalue weighted by Crippen LogP contribution is 2.24. The first-order valence-electron chi connectivity index (χ1n) is 9.60. The summed E-state index contributed by atoms with van der Waals surface area (Å²) >= 11 is 1.78. The van der Waals surface area contributed by atoms with Crippen molar-refractivity contribution in [2.75, 3.05) is 40.3 Å². The van der Waals surface area contributed by atoms with Crippen molar-refractivity contribution in [1.29, 1.82) is 0 Å². The number of carbonyl (C=O) groups excluding carboxylic acids is 2. The van der Waals surface area contributed by atoms with Gasteiger partial charge in [-0.05, 0) is 42.2 Å². The third-order valence-electron chi connectivity index (χ3n) is 5.44. The van der Waals surface area contributed by atoms with E-state index in [9.17, 15) is 9.59 Å². The number of piperidine rings is 1. The van der Waals surface area contributed by atoms with Crippen LogP contribution in [0.15, 0.2) is 16.4 Å². The molecule has 2 aliphatic heterocycles. The number of carbonyl (C=O) groups is 2. The Hall–Kier alpha value is -2.09. The molecule has 1 aromatic heterocycles. The maximum absolute atomic E-state index is 12.6. The van der Waals surface area contributed by atoms with Gasteiger partial charge in [0, 0.05) is 51.6 Å². The second-order valence-electron chi connectivity index (χ2n) is 7.14. The fraction of sp³-hybridized carbons (Fsp3) is 0.632. The molecule has 0 spiro atoms. The van der Waals surface area contributed by atoms with E-state index in [4.69, 9.17) is 0 Å². The highest BCUT2D eigenvalue weighted by Gasteiger charge is 2.25. The number of amides is 2. The Kier molecular flexibility index (Phi) is 6.71. The predicted molar refractivity (Wildman–Crippen MR) is 108 cm³/mol. The van der Waals surface area contributed by atoms with Crippen LogP contribution in [0.4, 0.5) is 0 Å². The van der Waals surface area contributed by atoms with Crippen LogP contribution in [0.2, 0.25) is 0 Å². The van der Waals surface area contributed by atoms with E-state index in [-0.39, 0.29) is 18.4 Å². The van der Waals surface area contributed by atoms with E-state index in [1.54, 1.807) is 25.4 Å². The van der Waals surface area contributed by atoms with Gasteiger partial charge >= 0.3 is 0 Å². The topological polar surface area (TPSA) is 77.0 Å². The van der Waals surface area contributed by atoms with Crippen LogP contribution in [0, 0.1) is 5.92 Å². The van der Waals surface area contributed by atoms with E-state index in [1.807, 2.05) is 4.90 Å². The number of rotatable bonds is 4. The molecule has 148 valence electrons. The van der Waals surface area contributed by atoms with Crippen molar-refractivity contribution < 1.29 is 9.59 Å². The van der Waals surface area contributed by atoms with Crippen molar-refractivity contribution in [3.8, 4) is 0 Å². The quantitative estimate of drug-likeness (QED) is 0.594. The molecule has 0 radical (unpaired) electrons. The first-order chi connectivity index (χ1) is 13.1. The normalized spacial score (nSPS) is 18.2. The maximum atomic E-state index is 12.6. The molecular formula is C19H29N5O2S. The molecule has 2 N–H and O–H groups in total. The summed E-state index contributed by atoms with van der Waals surface area (Å²) in [6.07, 6.45) is 3.48. The third-order valence-corrected chi connectivity index (χ3v) is 6.46. The van der Waals surface area contributed by atoms with Crippen molar-refractivity contribution in [1.82, 2.24) is 20.4 Å². The van der Waals surface area contributed by atoms with Crippen LogP contribution in [0.3, 0.4) is 0 Å². The average Bonchev–Trinajstić information content (AvgIpc) is 3.17. The molecule has 0 aliphatic carbocycles.